The normalized spacial score (nSPS) is 19.8. The number of amides is 1. The number of rotatable bonds is 4. The lowest BCUT2D eigenvalue weighted by Crippen LogP contribution is -2.46. The Balaban J connectivity index is 1.88. The Labute approximate surface area is 127 Å². The number of nitrogens with one attached hydrogen (secondary N) is 1. The molecule has 0 bridgehead atoms. The predicted molar refractivity (Wildman–Crippen MR) is 77.5 cm³/mol. The van der Waals surface area contributed by atoms with Crippen LogP contribution < -0.4 is 5.32 Å². The van der Waals surface area contributed by atoms with E-state index in [0.29, 0.717) is 29.7 Å². The third kappa shape index (κ3) is 4.52. The molecule has 0 aromatic heterocycles. The molecule has 0 radical (unpaired) electrons. The van der Waals surface area contributed by atoms with Crippen LogP contribution in [0.3, 0.4) is 0 Å². The summed E-state index contributed by atoms with van der Waals surface area (Å²) in [5.41, 5.74) is 1.08. The molecule has 1 aliphatic rings. The van der Waals surface area contributed by atoms with Crippen molar-refractivity contribution in [1.82, 2.24) is 10.2 Å². The Morgan fingerprint density at radius 3 is 2.95 bits per heavy atom. The number of carbonyl (C=O) groups is 1. The predicted octanol–water partition coefficient (Wildman–Crippen LogP) is 2.46. The van der Waals surface area contributed by atoms with Gasteiger partial charge < -0.3 is 15.2 Å². The molecule has 1 aromatic carbocycles. The number of halogens is 2. The highest BCUT2D eigenvalue weighted by Gasteiger charge is 2.21. The van der Waals surface area contributed by atoms with Gasteiger partial charge in [-0.05, 0) is 17.7 Å². The number of ether oxygens (including phenoxy) is 1. The maximum absolute atomic E-state index is 10.5. The van der Waals surface area contributed by atoms with Crippen molar-refractivity contribution < 1.29 is 14.6 Å². The summed E-state index contributed by atoms with van der Waals surface area (Å²) in [6.07, 6.45) is -1.15. The molecule has 1 aliphatic heterocycles. The molecular formula is C13H16Cl2N2O3. The molecule has 1 heterocycles. The van der Waals surface area contributed by atoms with Crippen molar-refractivity contribution in [1.29, 1.82) is 0 Å². The van der Waals surface area contributed by atoms with Crippen LogP contribution in [0.2, 0.25) is 10.0 Å². The van der Waals surface area contributed by atoms with Gasteiger partial charge in [0.05, 0.1) is 22.8 Å². The largest absolute Gasteiger partial charge is 0.465 e. The van der Waals surface area contributed by atoms with Crippen LogP contribution in [0, 0.1) is 0 Å². The number of carboxylic acid groups (broad SMARTS) is 1. The second kappa shape index (κ2) is 7.13. The van der Waals surface area contributed by atoms with Crippen LogP contribution in [0.1, 0.15) is 5.56 Å². The van der Waals surface area contributed by atoms with Gasteiger partial charge in [0.25, 0.3) is 0 Å². The Morgan fingerprint density at radius 1 is 1.45 bits per heavy atom. The summed E-state index contributed by atoms with van der Waals surface area (Å²) in [6, 6.07) is 5.57. The van der Waals surface area contributed by atoms with Gasteiger partial charge in [-0.1, -0.05) is 29.3 Å². The second-order valence-corrected chi connectivity index (χ2v) is 5.48. The van der Waals surface area contributed by atoms with E-state index in [1.807, 2.05) is 12.1 Å². The number of nitrogens with zero attached hydrogens (tertiary/aromatic N) is 1. The van der Waals surface area contributed by atoms with Gasteiger partial charge in [-0.15, -0.1) is 0 Å². The Kier molecular flexibility index (Phi) is 5.48. The van der Waals surface area contributed by atoms with E-state index < -0.39 is 6.09 Å². The fourth-order valence-electron chi connectivity index (χ4n) is 2.14. The first-order chi connectivity index (χ1) is 9.54. The molecule has 2 rings (SSSR count). The summed E-state index contributed by atoms with van der Waals surface area (Å²) >= 11 is 11.9. The zero-order valence-electron chi connectivity index (χ0n) is 10.8. The molecule has 1 fully saturated rings. The third-order valence-corrected chi connectivity index (χ3v) is 3.83. The minimum absolute atomic E-state index is 0.123. The van der Waals surface area contributed by atoms with E-state index in [1.165, 1.54) is 0 Å². The monoisotopic (exact) mass is 318 g/mol. The fourth-order valence-corrected chi connectivity index (χ4v) is 2.47. The summed E-state index contributed by atoms with van der Waals surface area (Å²) in [4.78, 5) is 12.7. The van der Waals surface area contributed by atoms with E-state index in [1.54, 1.807) is 6.07 Å². The van der Waals surface area contributed by atoms with Crippen molar-refractivity contribution in [2.75, 3.05) is 26.2 Å². The highest BCUT2D eigenvalue weighted by atomic mass is 35.5. The molecule has 0 aliphatic carbocycles. The highest BCUT2D eigenvalue weighted by molar-refractivity contribution is 6.42. The minimum atomic E-state index is -1.03. The van der Waals surface area contributed by atoms with E-state index >= 15 is 0 Å². The van der Waals surface area contributed by atoms with Crippen molar-refractivity contribution in [3.63, 3.8) is 0 Å². The topological polar surface area (TPSA) is 61.8 Å². The first-order valence-corrected chi connectivity index (χ1v) is 7.05. The lowest BCUT2D eigenvalue weighted by molar-refractivity contribution is -0.0293. The molecule has 1 amide bonds. The zero-order valence-corrected chi connectivity index (χ0v) is 12.3. The average molecular weight is 319 g/mol. The van der Waals surface area contributed by atoms with Gasteiger partial charge in [0.2, 0.25) is 0 Å². The molecule has 1 aromatic rings. The average Bonchev–Trinajstić information content (AvgIpc) is 2.41. The summed E-state index contributed by atoms with van der Waals surface area (Å²) in [5, 5.41) is 12.0. The number of morpholine rings is 1. The molecule has 7 heteroatoms. The van der Waals surface area contributed by atoms with Crippen LogP contribution in [-0.2, 0) is 11.3 Å². The zero-order chi connectivity index (χ0) is 14.5. The maximum Gasteiger partial charge on any atom is 0.404 e. The minimum Gasteiger partial charge on any atom is -0.465 e. The van der Waals surface area contributed by atoms with Crippen molar-refractivity contribution in [3.8, 4) is 0 Å². The number of hydrogen-bond acceptors (Lipinski definition) is 3. The lowest BCUT2D eigenvalue weighted by Gasteiger charge is -2.32. The molecule has 1 atom stereocenters. The van der Waals surface area contributed by atoms with Crippen LogP contribution in [0.15, 0.2) is 18.2 Å². The van der Waals surface area contributed by atoms with E-state index in [2.05, 4.69) is 10.2 Å². The second-order valence-electron chi connectivity index (χ2n) is 4.66. The van der Waals surface area contributed by atoms with Crippen LogP contribution >= 0.6 is 23.2 Å². The van der Waals surface area contributed by atoms with Gasteiger partial charge in [-0.25, -0.2) is 4.79 Å². The molecule has 20 heavy (non-hydrogen) atoms. The van der Waals surface area contributed by atoms with Gasteiger partial charge in [0.1, 0.15) is 0 Å². The van der Waals surface area contributed by atoms with Crippen molar-refractivity contribution in [3.05, 3.63) is 33.8 Å². The highest BCUT2D eigenvalue weighted by Crippen LogP contribution is 2.23. The van der Waals surface area contributed by atoms with Gasteiger partial charge in [0, 0.05) is 26.2 Å². The Hall–Kier alpha value is -1.01. The van der Waals surface area contributed by atoms with Crippen LogP contribution in [0.25, 0.3) is 0 Å². The first kappa shape index (κ1) is 15.4. The van der Waals surface area contributed by atoms with E-state index in [4.69, 9.17) is 33.0 Å². The molecule has 110 valence electrons. The fraction of sp³-hybridized carbons (Fsp3) is 0.462. The van der Waals surface area contributed by atoms with Crippen LogP contribution in [0.5, 0.6) is 0 Å². The molecule has 0 spiro atoms. The van der Waals surface area contributed by atoms with Crippen LogP contribution in [0.4, 0.5) is 4.79 Å². The van der Waals surface area contributed by atoms with Crippen molar-refractivity contribution in [2.45, 2.75) is 12.6 Å². The quantitative estimate of drug-likeness (QED) is 0.895. The summed E-state index contributed by atoms with van der Waals surface area (Å²) in [5.74, 6) is 0. The van der Waals surface area contributed by atoms with Gasteiger partial charge in [0.15, 0.2) is 0 Å². The standard InChI is InChI=1S/C13H16Cl2N2O3/c14-11-2-1-9(5-12(11)15)7-17-3-4-20-10(8-17)6-16-13(18)19/h1-2,5,10,16H,3-4,6-8H2,(H,18,19). The summed E-state index contributed by atoms with van der Waals surface area (Å²) in [6.45, 7) is 3.12. The lowest BCUT2D eigenvalue weighted by atomic mass is 10.2. The molecule has 0 saturated carbocycles. The SMILES string of the molecule is O=C(O)NCC1CN(Cc2ccc(Cl)c(Cl)c2)CCO1. The van der Waals surface area contributed by atoms with Crippen molar-refractivity contribution in [2.24, 2.45) is 0 Å². The molecule has 1 saturated heterocycles. The molecule has 1 unspecified atom stereocenters. The Morgan fingerprint density at radius 2 is 2.25 bits per heavy atom. The summed E-state index contributed by atoms with van der Waals surface area (Å²) in [7, 11) is 0. The number of benzene rings is 1. The van der Waals surface area contributed by atoms with Gasteiger partial charge in [-0.3, -0.25) is 4.90 Å². The van der Waals surface area contributed by atoms with Gasteiger partial charge >= 0.3 is 6.09 Å². The first-order valence-electron chi connectivity index (χ1n) is 6.29. The maximum atomic E-state index is 10.5. The third-order valence-electron chi connectivity index (χ3n) is 3.09. The van der Waals surface area contributed by atoms with E-state index in [0.717, 1.165) is 18.7 Å². The van der Waals surface area contributed by atoms with E-state index in [-0.39, 0.29) is 6.10 Å². The molecule has 5 nitrogen and oxygen atoms in total. The molecular weight excluding hydrogens is 303 g/mol. The number of hydrogen-bond donors (Lipinski definition) is 2. The smallest absolute Gasteiger partial charge is 0.404 e. The Bertz CT molecular complexity index is 485. The van der Waals surface area contributed by atoms with Crippen molar-refractivity contribution >= 4 is 29.3 Å². The summed E-state index contributed by atoms with van der Waals surface area (Å²) < 4.78 is 5.52. The van der Waals surface area contributed by atoms with Crippen LogP contribution in [-0.4, -0.2) is 48.4 Å². The van der Waals surface area contributed by atoms with E-state index in [9.17, 15) is 4.79 Å². The molecule has 2 N–H and O–H groups in total. The van der Waals surface area contributed by atoms with Gasteiger partial charge in [-0.2, -0.15) is 0 Å².